The molecule has 0 atom stereocenters. The SMILES string of the molecule is CCC1=C(C)CN(C(=O)/C=C/c2cc(C)c(C)c(OC)c2)C1=O. The molecule has 0 aliphatic carbocycles. The van der Waals surface area contributed by atoms with Crippen molar-refractivity contribution in [1.29, 1.82) is 0 Å². The highest BCUT2D eigenvalue weighted by Gasteiger charge is 2.30. The van der Waals surface area contributed by atoms with Crippen LogP contribution in [0.15, 0.2) is 29.4 Å². The number of carbonyl (C=O) groups is 2. The summed E-state index contributed by atoms with van der Waals surface area (Å²) in [5, 5.41) is 0. The Morgan fingerprint density at radius 3 is 2.57 bits per heavy atom. The van der Waals surface area contributed by atoms with Gasteiger partial charge in [-0.3, -0.25) is 14.5 Å². The van der Waals surface area contributed by atoms with Crippen LogP contribution in [-0.4, -0.2) is 30.4 Å². The van der Waals surface area contributed by atoms with Gasteiger partial charge in [0.2, 0.25) is 0 Å². The molecule has 1 aromatic carbocycles. The second-order valence-corrected chi connectivity index (χ2v) is 5.84. The number of amides is 2. The average Bonchev–Trinajstić information content (AvgIpc) is 2.82. The molecule has 1 aliphatic rings. The van der Waals surface area contributed by atoms with E-state index in [0.717, 1.165) is 33.6 Å². The second-order valence-electron chi connectivity index (χ2n) is 5.84. The van der Waals surface area contributed by atoms with E-state index in [1.165, 1.54) is 11.0 Å². The van der Waals surface area contributed by atoms with Gasteiger partial charge in [-0.15, -0.1) is 0 Å². The second kappa shape index (κ2) is 6.82. The van der Waals surface area contributed by atoms with Crippen molar-refractivity contribution < 1.29 is 14.3 Å². The van der Waals surface area contributed by atoms with Crippen LogP contribution in [0.3, 0.4) is 0 Å². The number of hydrogen-bond donors (Lipinski definition) is 0. The zero-order valence-electron chi connectivity index (χ0n) is 14.4. The molecule has 0 aromatic heterocycles. The summed E-state index contributed by atoms with van der Waals surface area (Å²) in [4.78, 5) is 25.8. The lowest BCUT2D eigenvalue weighted by Crippen LogP contribution is -2.32. The van der Waals surface area contributed by atoms with E-state index >= 15 is 0 Å². The van der Waals surface area contributed by atoms with Gasteiger partial charge in [0.25, 0.3) is 11.8 Å². The molecule has 0 spiro atoms. The monoisotopic (exact) mass is 313 g/mol. The van der Waals surface area contributed by atoms with Crippen molar-refractivity contribution >= 4 is 17.9 Å². The molecule has 122 valence electrons. The minimum Gasteiger partial charge on any atom is -0.496 e. The van der Waals surface area contributed by atoms with E-state index in [1.807, 2.05) is 39.8 Å². The van der Waals surface area contributed by atoms with Crippen LogP contribution in [0.2, 0.25) is 0 Å². The molecule has 0 saturated carbocycles. The Bertz CT molecular complexity index is 714. The molecule has 4 heteroatoms. The Kier molecular flexibility index (Phi) is 5.04. The molecule has 0 radical (unpaired) electrons. The third-order valence-electron chi connectivity index (χ3n) is 4.31. The predicted molar refractivity (Wildman–Crippen MR) is 91.2 cm³/mol. The maximum atomic E-state index is 12.3. The van der Waals surface area contributed by atoms with Crippen molar-refractivity contribution in [3.8, 4) is 5.75 Å². The quantitative estimate of drug-likeness (QED) is 0.800. The van der Waals surface area contributed by atoms with Gasteiger partial charge in [0.15, 0.2) is 0 Å². The van der Waals surface area contributed by atoms with Crippen molar-refractivity contribution in [3.05, 3.63) is 46.0 Å². The number of imide groups is 1. The lowest BCUT2D eigenvalue weighted by atomic mass is 10.0. The fourth-order valence-electron chi connectivity index (χ4n) is 2.80. The number of nitrogens with zero attached hydrogens (tertiary/aromatic N) is 1. The molecule has 0 N–H and O–H groups in total. The van der Waals surface area contributed by atoms with E-state index in [0.29, 0.717) is 13.0 Å². The van der Waals surface area contributed by atoms with Crippen LogP contribution in [0.5, 0.6) is 5.75 Å². The Morgan fingerprint density at radius 1 is 1.30 bits per heavy atom. The number of carbonyl (C=O) groups excluding carboxylic acids is 2. The molecule has 23 heavy (non-hydrogen) atoms. The van der Waals surface area contributed by atoms with Gasteiger partial charge in [0, 0.05) is 11.6 Å². The molecule has 1 aliphatic heterocycles. The fourth-order valence-corrected chi connectivity index (χ4v) is 2.80. The minimum atomic E-state index is -0.282. The van der Waals surface area contributed by atoms with Crippen molar-refractivity contribution in [1.82, 2.24) is 4.90 Å². The van der Waals surface area contributed by atoms with Gasteiger partial charge in [-0.25, -0.2) is 0 Å². The van der Waals surface area contributed by atoms with Crippen molar-refractivity contribution in [2.45, 2.75) is 34.1 Å². The number of aryl methyl sites for hydroxylation is 1. The Morgan fingerprint density at radius 2 is 2.00 bits per heavy atom. The summed E-state index contributed by atoms with van der Waals surface area (Å²) < 4.78 is 5.34. The van der Waals surface area contributed by atoms with Crippen LogP contribution >= 0.6 is 0 Å². The molecule has 0 bridgehead atoms. The first-order valence-corrected chi connectivity index (χ1v) is 7.76. The molecule has 0 saturated heterocycles. The fraction of sp³-hybridized carbons (Fsp3) is 0.368. The molecule has 2 amide bonds. The number of rotatable bonds is 4. The summed E-state index contributed by atoms with van der Waals surface area (Å²) >= 11 is 0. The molecule has 4 nitrogen and oxygen atoms in total. The van der Waals surface area contributed by atoms with Crippen LogP contribution in [0.4, 0.5) is 0 Å². The van der Waals surface area contributed by atoms with Crippen molar-refractivity contribution in [3.63, 3.8) is 0 Å². The van der Waals surface area contributed by atoms with Crippen LogP contribution in [0.25, 0.3) is 6.08 Å². The first-order valence-electron chi connectivity index (χ1n) is 7.76. The molecule has 0 fully saturated rings. The number of methoxy groups -OCH3 is 1. The maximum absolute atomic E-state index is 12.3. The highest BCUT2D eigenvalue weighted by molar-refractivity contribution is 6.11. The maximum Gasteiger partial charge on any atom is 0.256 e. The first-order chi connectivity index (χ1) is 10.9. The van der Waals surface area contributed by atoms with Crippen molar-refractivity contribution in [2.75, 3.05) is 13.7 Å². The summed E-state index contributed by atoms with van der Waals surface area (Å²) in [5.41, 5.74) is 4.79. The van der Waals surface area contributed by atoms with E-state index in [1.54, 1.807) is 13.2 Å². The third-order valence-corrected chi connectivity index (χ3v) is 4.31. The molecular weight excluding hydrogens is 290 g/mol. The Balaban J connectivity index is 2.17. The zero-order valence-corrected chi connectivity index (χ0v) is 14.4. The topological polar surface area (TPSA) is 46.6 Å². The summed E-state index contributed by atoms with van der Waals surface area (Å²) in [6.45, 7) is 8.23. The number of hydrogen-bond acceptors (Lipinski definition) is 3. The van der Waals surface area contributed by atoms with E-state index in [4.69, 9.17) is 4.74 Å². The Hall–Kier alpha value is -2.36. The Labute approximate surface area is 137 Å². The van der Waals surface area contributed by atoms with Gasteiger partial charge < -0.3 is 4.74 Å². The van der Waals surface area contributed by atoms with E-state index < -0.39 is 0 Å². The smallest absolute Gasteiger partial charge is 0.256 e. The van der Waals surface area contributed by atoms with Crippen molar-refractivity contribution in [2.24, 2.45) is 0 Å². The van der Waals surface area contributed by atoms with Gasteiger partial charge in [-0.2, -0.15) is 0 Å². The summed E-state index contributed by atoms with van der Waals surface area (Å²) in [5.74, 6) is 0.340. The standard InChI is InChI=1S/C19H23NO3/c1-6-16-13(3)11-20(19(16)22)18(21)8-7-15-9-12(2)14(4)17(10-15)23-5/h7-10H,6,11H2,1-5H3/b8-7+. The highest BCUT2D eigenvalue weighted by atomic mass is 16.5. The van der Waals surface area contributed by atoms with Gasteiger partial charge in [0.1, 0.15) is 5.75 Å². The van der Waals surface area contributed by atoms with Crippen LogP contribution in [0, 0.1) is 13.8 Å². The van der Waals surface area contributed by atoms with Crippen LogP contribution in [0.1, 0.15) is 37.0 Å². The van der Waals surface area contributed by atoms with Gasteiger partial charge >= 0.3 is 0 Å². The normalized spacial score (nSPS) is 15.0. The lowest BCUT2D eigenvalue weighted by Gasteiger charge is -2.12. The number of benzene rings is 1. The summed E-state index contributed by atoms with van der Waals surface area (Å²) in [6.07, 6.45) is 3.84. The van der Waals surface area contributed by atoms with E-state index in [2.05, 4.69) is 0 Å². The largest absolute Gasteiger partial charge is 0.496 e. The molecule has 1 aromatic rings. The third kappa shape index (κ3) is 3.36. The molecule has 2 rings (SSSR count). The first kappa shape index (κ1) is 17.0. The molecule has 0 unspecified atom stereocenters. The number of ether oxygens (including phenoxy) is 1. The summed E-state index contributed by atoms with van der Waals surface area (Å²) in [7, 11) is 1.63. The summed E-state index contributed by atoms with van der Waals surface area (Å²) in [6, 6.07) is 3.88. The lowest BCUT2D eigenvalue weighted by molar-refractivity contribution is -0.137. The predicted octanol–water partition coefficient (Wildman–Crippen LogP) is 3.42. The van der Waals surface area contributed by atoms with Gasteiger partial charge in [-0.05, 0) is 61.6 Å². The van der Waals surface area contributed by atoms with E-state index in [9.17, 15) is 9.59 Å². The highest BCUT2D eigenvalue weighted by Crippen LogP contribution is 2.25. The minimum absolute atomic E-state index is 0.169. The van der Waals surface area contributed by atoms with Gasteiger partial charge in [-0.1, -0.05) is 13.0 Å². The average molecular weight is 313 g/mol. The van der Waals surface area contributed by atoms with E-state index in [-0.39, 0.29) is 11.8 Å². The van der Waals surface area contributed by atoms with Crippen LogP contribution < -0.4 is 4.74 Å². The molecule has 1 heterocycles. The van der Waals surface area contributed by atoms with Crippen LogP contribution in [-0.2, 0) is 9.59 Å². The zero-order chi connectivity index (χ0) is 17.1. The van der Waals surface area contributed by atoms with Gasteiger partial charge in [0.05, 0.1) is 13.7 Å². The molecular formula is C19H23NO3.